The minimum atomic E-state index is 0.0824. The van der Waals surface area contributed by atoms with Crippen LogP contribution in [-0.2, 0) is 11.2 Å². The quantitative estimate of drug-likeness (QED) is 0.653. The molecular formula is C19H20Cl2N6O. The van der Waals surface area contributed by atoms with Gasteiger partial charge < -0.3 is 9.80 Å². The molecule has 1 aliphatic rings. The van der Waals surface area contributed by atoms with Crippen molar-refractivity contribution in [3.8, 4) is 0 Å². The first-order valence-corrected chi connectivity index (χ1v) is 9.85. The van der Waals surface area contributed by atoms with Gasteiger partial charge in [-0.25, -0.2) is 0 Å². The molecule has 0 N–H and O–H groups in total. The van der Waals surface area contributed by atoms with E-state index in [1.54, 1.807) is 23.0 Å². The Balaban J connectivity index is 1.48. The summed E-state index contributed by atoms with van der Waals surface area (Å²) in [5.74, 6) is 0.933. The Morgan fingerprint density at radius 2 is 1.86 bits per heavy atom. The Hall–Kier alpha value is -2.38. The van der Waals surface area contributed by atoms with Gasteiger partial charge in [-0.15, -0.1) is 15.3 Å². The summed E-state index contributed by atoms with van der Waals surface area (Å²) in [4.78, 5) is 17.0. The first-order valence-electron chi connectivity index (χ1n) is 9.09. The number of hydrogen-bond donors (Lipinski definition) is 0. The molecule has 1 saturated heterocycles. The number of hydrogen-bond acceptors (Lipinski definition) is 5. The lowest BCUT2D eigenvalue weighted by atomic mass is 10.1. The van der Waals surface area contributed by atoms with Crippen molar-refractivity contribution in [2.75, 3.05) is 18.0 Å². The van der Waals surface area contributed by atoms with Crippen LogP contribution in [0.15, 0.2) is 36.7 Å². The van der Waals surface area contributed by atoms with E-state index >= 15 is 0 Å². The van der Waals surface area contributed by atoms with Gasteiger partial charge in [-0.3, -0.25) is 4.79 Å². The summed E-state index contributed by atoms with van der Waals surface area (Å²) in [5.41, 5.74) is 1.57. The molecule has 28 heavy (non-hydrogen) atoms. The maximum Gasteiger partial charge on any atom is 0.227 e. The first-order chi connectivity index (χ1) is 13.4. The minimum Gasteiger partial charge on any atom is -0.346 e. The number of amides is 1. The Morgan fingerprint density at radius 3 is 2.57 bits per heavy atom. The Kier molecular flexibility index (Phi) is 5.12. The van der Waals surface area contributed by atoms with Crippen LogP contribution in [0, 0.1) is 0 Å². The SMILES string of the molecule is CC1CN(C(=O)Cc2ccc(Cl)c(Cl)c2)CC(C)N1c1ccc2nncn2n1. The zero-order chi connectivity index (χ0) is 19.8. The molecule has 146 valence electrons. The van der Waals surface area contributed by atoms with Gasteiger partial charge in [0, 0.05) is 25.2 Å². The second-order valence-corrected chi connectivity index (χ2v) is 7.97. The maximum absolute atomic E-state index is 12.8. The highest BCUT2D eigenvalue weighted by Crippen LogP contribution is 2.25. The van der Waals surface area contributed by atoms with Crippen molar-refractivity contribution in [3.63, 3.8) is 0 Å². The summed E-state index contributed by atoms with van der Waals surface area (Å²) in [7, 11) is 0. The number of benzene rings is 1. The number of aromatic nitrogens is 4. The lowest BCUT2D eigenvalue weighted by Gasteiger charge is -2.45. The number of halogens is 2. The van der Waals surface area contributed by atoms with Gasteiger partial charge in [-0.05, 0) is 43.7 Å². The number of carbonyl (C=O) groups excluding carboxylic acids is 1. The average molecular weight is 419 g/mol. The van der Waals surface area contributed by atoms with Gasteiger partial charge in [-0.2, -0.15) is 4.52 Å². The Morgan fingerprint density at radius 1 is 1.11 bits per heavy atom. The van der Waals surface area contributed by atoms with Crippen LogP contribution in [0.4, 0.5) is 5.82 Å². The third kappa shape index (κ3) is 3.64. The van der Waals surface area contributed by atoms with Crippen LogP contribution in [0.25, 0.3) is 5.65 Å². The van der Waals surface area contributed by atoms with Gasteiger partial charge in [0.15, 0.2) is 5.65 Å². The highest BCUT2D eigenvalue weighted by atomic mass is 35.5. The topological polar surface area (TPSA) is 66.6 Å². The van der Waals surface area contributed by atoms with Crippen LogP contribution in [0.5, 0.6) is 0 Å². The van der Waals surface area contributed by atoms with E-state index in [-0.39, 0.29) is 18.0 Å². The molecule has 3 heterocycles. The van der Waals surface area contributed by atoms with Crippen molar-refractivity contribution in [1.82, 2.24) is 24.7 Å². The molecule has 0 radical (unpaired) electrons. The van der Waals surface area contributed by atoms with Crippen LogP contribution in [-0.4, -0.2) is 55.8 Å². The van der Waals surface area contributed by atoms with Crippen molar-refractivity contribution >= 4 is 40.6 Å². The van der Waals surface area contributed by atoms with E-state index in [0.29, 0.717) is 35.2 Å². The zero-order valence-corrected chi connectivity index (χ0v) is 17.1. The fraction of sp³-hybridized carbons (Fsp3) is 0.368. The number of fused-ring (bicyclic) bond motifs is 1. The summed E-state index contributed by atoms with van der Waals surface area (Å²) in [6, 6.07) is 9.42. The second-order valence-electron chi connectivity index (χ2n) is 7.15. The number of piperazine rings is 1. The number of anilines is 1. The summed E-state index contributed by atoms with van der Waals surface area (Å²) in [6.07, 6.45) is 1.90. The molecule has 1 aliphatic heterocycles. The van der Waals surface area contributed by atoms with E-state index in [1.165, 1.54) is 0 Å². The molecule has 2 unspecified atom stereocenters. The molecule has 1 aromatic carbocycles. The molecule has 9 heteroatoms. The predicted octanol–water partition coefficient (Wildman–Crippen LogP) is 3.10. The van der Waals surface area contributed by atoms with Crippen LogP contribution in [0.3, 0.4) is 0 Å². The summed E-state index contributed by atoms with van der Waals surface area (Å²) in [5, 5.41) is 13.4. The highest BCUT2D eigenvalue weighted by Gasteiger charge is 2.32. The smallest absolute Gasteiger partial charge is 0.227 e. The second kappa shape index (κ2) is 7.56. The van der Waals surface area contributed by atoms with Crippen molar-refractivity contribution in [2.45, 2.75) is 32.4 Å². The number of carbonyl (C=O) groups is 1. The molecule has 1 fully saturated rings. The van der Waals surface area contributed by atoms with Crippen molar-refractivity contribution in [3.05, 3.63) is 52.3 Å². The third-order valence-corrected chi connectivity index (χ3v) is 5.76. The molecule has 4 rings (SSSR count). The predicted molar refractivity (Wildman–Crippen MR) is 109 cm³/mol. The van der Waals surface area contributed by atoms with Gasteiger partial charge in [0.05, 0.1) is 16.5 Å². The van der Waals surface area contributed by atoms with Crippen LogP contribution in [0.1, 0.15) is 19.4 Å². The summed E-state index contributed by atoms with van der Waals surface area (Å²) >= 11 is 12.0. The normalized spacial score (nSPS) is 20.0. The first kappa shape index (κ1) is 19.0. The molecule has 0 saturated carbocycles. The van der Waals surface area contributed by atoms with Gasteiger partial charge in [0.1, 0.15) is 12.1 Å². The zero-order valence-electron chi connectivity index (χ0n) is 15.6. The molecule has 2 aromatic heterocycles. The van der Waals surface area contributed by atoms with Crippen molar-refractivity contribution in [2.24, 2.45) is 0 Å². The lowest BCUT2D eigenvalue weighted by molar-refractivity contribution is -0.131. The largest absolute Gasteiger partial charge is 0.346 e. The van der Waals surface area contributed by atoms with Crippen molar-refractivity contribution < 1.29 is 4.79 Å². The summed E-state index contributed by atoms with van der Waals surface area (Å²) < 4.78 is 1.66. The van der Waals surface area contributed by atoms with Crippen molar-refractivity contribution in [1.29, 1.82) is 0 Å². The Bertz CT molecular complexity index is 1010. The fourth-order valence-corrected chi connectivity index (χ4v) is 4.09. The van der Waals surface area contributed by atoms with E-state index in [2.05, 4.69) is 34.0 Å². The molecule has 0 bridgehead atoms. The third-order valence-electron chi connectivity index (χ3n) is 5.02. The number of nitrogens with zero attached hydrogens (tertiary/aromatic N) is 6. The Labute approximate surface area is 172 Å². The van der Waals surface area contributed by atoms with Gasteiger partial charge in [0.2, 0.25) is 5.91 Å². The van der Waals surface area contributed by atoms with Crippen LogP contribution >= 0.6 is 23.2 Å². The maximum atomic E-state index is 12.8. The van der Waals surface area contributed by atoms with E-state index < -0.39 is 0 Å². The van der Waals surface area contributed by atoms with Gasteiger partial charge in [0.25, 0.3) is 0 Å². The average Bonchev–Trinajstić information content (AvgIpc) is 3.12. The minimum absolute atomic E-state index is 0.0824. The molecule has 0 aliphatic carbocycles. The molecule has 0 spiro atoms. The monoisotopic (exact) mass is 418 g/mol. The highest BCUT2D eigenvalue weighted by molar-refractivity contribution is 6.42. The van der Waals surface area contributed by atoms with Gasteiger partial charge in [-0.1, -0.05) is 29.3 Å². The fourth-order valence-electron chi connectivity index (χ4n) is 3.77. The molecule has 7 nitrogen and oxygen atoms in total. The molecule has 3 aromatic rings. The lowest BCUT2D eigenvalue weighted by Crippen LogP contribution is -2.58. The van der Waals surface area contributed by atoms with E-state index in [9.17, 15) is 4.79 Å². The molecule has 2 atom stereocenters. The van der Waals surface area contributed by atoms with Gasteiger partial charge >= 0.3 is 0 Å². The van der Waals surface area contributed by atoms with Crippen LogP contribution in [0.2, 0.25) is 10.0 Å². The molecule has 1 amide bonds. The standard InChI is InChI=1S/C19H20Cl2N6O/c1-12-9-25(19(28)8-14-3-4-15(20)16(21)7-14)10-13(2)27(12)18-6-5-17-23-22-11-26(17)24-18/h3-7,11-13H,8-10H2,1-2H3. The molecular weight excluding hydrogens is 399 g/mol. The van der Waals surface area contributed by atoms with E-state index in [1.807, 2.05) is 23.1 Å². The summed E-state index contributed by atoms with van der Waals surface area (Å²) in [6.45, 7) is 5.47. The number of rotatable bonds is 3. The van der Waals surface area contributed by atoms with E-state index in [0.717, 1.165) is 11.4 Å². The van der Waals surface area contributed by atoms with Crippen LogP contribution < -0.4 is 4.90 Å². The van der Waals surface area contributed by atoms with E-state index in [4.69, 9.17) is 23.2 Å².